The lowest BCUT2D eigenvalue weighted by Gasteiger charge is -2.21. The van der Waals surface area contributed by atoms with E-state index in [-0.39, 0.29) is 29.6 Å². The molecule has 0 amide bonds. The first kappa shape index (κ1) is 22.5. The number of Topliss-reactive ketones (excluding diaryl/α,β-unsaturated/α-hetero) is 1. The zero-order chi connectivity index (χ0) is 24.0. The molecule has 0 bridgehead atoms. The third-order valence-corrected chi connectivity index (χ3v) is 7.04. The Morgan fingerprint density at radius 2 is 2.00 bits per heavy atom. The zero-order valence-corrected chi connectivity index (χ0v) is 19.3. The Morgan fingerprint density at radius 1 is 1.24 bits per heavy atom. The lowest BCUT2D eigenvalue weighted by atomic mass is 9.91. The molecular formula is C23H21F3N6OS. The number of alkyl halides is 2. The van der Waals surface area contributed by atoms with Crippen molar-refractivity contribution in [3.8, 4) is 22.0 Å². The molecule has 34 heavy (non-hydrogen) atoms. The van der Waals surface area contributed by atoms with Crippen molar-refractivity contribution in [2.24, 2.45) is 13.0 Å². The molecule has 0 saturated heterocycles. The number of hydrogen-bond acceptors (Lipinski definition) is 6. The van der Waals surface area contributed by atoms with Crippen LogP contribution in [0.1, 0.15) is 46.2 Å². The fourth-order valence-electron chi connectivity index (χ4n) is 4.27. The van der Waals surface area contributed by atoms with Gasteiger partial charge in [-0.25, -0.2) is 27.8 Å². The highest BCUT2D eigenvalue weighted by Gasteiger charge is 2.28. The Bertz CT molecular complexity index is 1360. The molecule has 0 aliphatic carbocycles. The molecular weight excluding hydrogens is 465 g/mol. The van der Waals surface area contributed by atoms with E-state index in [0.29, 0.717) is 39.9 Å². The van der Waals surface area contributed by atoms with Crippen molar-refractivity contribution >= 4 is 17.1 Å². The van der Waals surface area contributed by atoms with Crippen molar-refractivity contribution in [1.82, 2.24) is 29.5 Å². The molecule has 0 spiro atoms. The highest BCUT2D eigenvalue weighted by atomic mass is 32.1. The van der Waals surface area contributed by atoms with Gasteiger partial charge in [-0.1, -0.05) is 0 Å². The lowest BCUT2D eigenvalue weighted by molar-refractivity contribution is 0.0944. The number of benzene rings is 1. The van der Waals surface area contributed by atoms with Gasteiger partial charge in [-0.3, -0.25) is 9.48 Å². The normalized spacial score (nSPS) is 15.6. The van der Waals surface area contributed by atoms with Crippen LogP contribution in [0.3, 0.4) is 0 Å². The first-order chi connectivity index (χ1) is 16.3. The fourth-order valence-corrected chi connectivity index (χ4v) is 5.21. The van der Waals surface area contributed by atoms with Crippen molar-refractivity contribution in [3.05, 3.63) is 58.4 Å². The second kappa shape index (κ2) is 8.79. The molecule has 1 unspecified atom stereocenters. The van der Waals surface area contributed by atoms with Crippen LogP contribution in [0.2, 0.25) is 0 Å². The molecule has 1 aliphatic rings. The summed E-state index contributed by atoms with van der Waals surface area (Å²) in [6, 6.07) is 6.02. The Labute approximate surface area is 197 Å². The predicted molar refractivity (Wildman–Crippen MR) is 120 cm³/mol. The Morgan fingerprint density at radius 3 is 2.71 bits per heavy atom. The molecule has 11 heteroatoms. The summed E-state index contributed by atoms with van der Waals surface area (Å²) in [6.07, 6.45) is 0.452. The molecule has 0 fully saturated rings. The molecule has 176 valence electrons. The summed E-state index contributed by atoms with van der Waals surface area (Å²) in [4.78, 5) is 22.4. The summed E-state index contributed by atoms with van der Waals surface area (Å²) in [5.41, 5.74) is 1.32. The number of ketones is 1. The SMILES string of the molecule is Cc1sc(-c2cnn(C)c2C(=O)CC2CCn3nc(-c4ccc(F)cc4)nc3C2)nc1C(F)F. The maximum absolute atomic E-state index is 13.3. The molecule has 1 aromatic carbocycles. The first-order valence-electron chi connectivity index (χ1n) is 10.8. The van der Waals surface area contributed by atoms with Crippen LogP contribution < -0.4 is 0 Å². The molecule has 0 radical (unpaired) electrons. The number of halogens is 3. The first-order valence-corrected chi connectivity index (χ1v) is 11.6. The summed E-state index contributed by atoms with van der Waals surface area (Å²) in [5, 5.41) is 9.09. The molecule has 4 heterocycles. The second-order valence-electron chi connectivity index (χ2n) is 8.36. The Kier molecular flexibility index (Phi) is 5.80. The quantitative estimate of drug-likeness (QED) is 0.358. The van der Waals surface area contributed by atoms with Crippen LogP contribution in [0.4, 0.5) is 13.2 Å². The largest absolute Gasteiger partial charge is 0.292 e. The van der Waals surface area contributed by atoms with Crippen LogP contribution >= 0.6 is 11.3 Å². The topological polar surface area (TPSA) is 78.5 Å². The number of hydrogen-bond donors (Lipinski definition) is 0. The van der Waals surface area contributed by atoms with Gasteiger partial charge in [0.25, 0.3) is 6.43 Å². The second-order valence-corrected chi connectivity index (χ2v) is 9.56. The van der Waals surface area contributed by atoms with E-state index in [0.717, 1.165) is 29.1 Å². The number of aryl methyl sites for hydroxylation is 3. The number of nitrogens with zero attached hydrogens (tertiary/aromatic N) is 6. The Balaban J connectivity index is 1.34. The van der Waals surface area contributed by atoms with Crippen LogP contribution in [0, 0.1) is 18.7 Å². The van der Waals surface area contributed by atoms with E-state index in [1.165, 1.54) is 23.0 Å². The van der Waals surface area contributed by atoms with Crippen LogP contribution in [-0.2, 0) is 20.0 Å². The average Bonchev–Trinajstić information content (AvgIpc) is 3.50. The summed E-state index contributed by atoms with van der Waals surface area (Å²) in [6.45, 7) is 2.22. The van der Waals surface area contributed by atoms with Crippen molar-refractivity contribution in [2.45, 2.75) is 39.2 Å². The maximum atomic E-state index is 13.3. The highest BCUT2D eigenvalue weighted by Crippen LogP contribution is 2.35. The summed E-state index contributed by atoms with van der Waals surface area (Å²) >= 11 is 1.14. The number of thiazole rings is 1. The molecule has 0 saturated carbocycles. The van der Waals surface area contributed by atoms with Crippen LogP contribution in [0.25, 0.3) is 22.0 Å². The standard InChI is InChI=1S/C23H21F3N6OS/c1-12-19(21(25)26)29-23(34-12)16-11-27-31(2)20(16)17(33)9-13-7-8-32-18(10-13)28-22(30-32)14-3-5-15(24)6-4-14/h3-6,11,13,21H,7-10H2,1-2H3. The fraction of sp³-hybridized carbons (Fsp3) is 0.348. The van der Waals surface area contributed by atoms with Gasteiger partial charge < -0.3 is 0 Å². The third kappa shape index (κ3) is 4.15. The molecule has 7 nitrogen and oxygen atoms in total. The third-order valence-electron chi connectivity index (χ3n) is 6.02. The minimum atomic E-state index is -2.67. The molecule has 3 aromatic heterocycles. The minimum Gasteiger partial charge on any atom is -0.292 e. The number of carbonyl (C=O) groups excluding carboxylic acids is 1. The predicted octanol–water partition coefficient (Wildman–Crippen LogP) is 5.02. The maximum Gasteiger partial charge on any atom is 0.281 e. The van der Waals surface area contributed by atoms with E-state index in [9.17, 15) is 18.0 Å². The van der Waals surface area contributed by atoms with Gasteiger partial charge in [0.1, 0.15) is 28.0 Å². The summed E-state index contributed by atoms with van der Waals surface area (Å²) < 4.78 is 42.9. The molecule has 5 rings (SSSR count). The number of aromatic nitrogens is 6. The van der Waals surface area contributed by atoms with E-state index >= 15 is 0 Å². The van der Waals surface area contributed by atoms with Crippen LogP contribution in [0.5, 0.6) is 0 Å². The van der Waals surface area contributed by atoms with Crippen LogP contribution in [-0.4, -0.2) is 35.3 Å². The van der Waals surface area contributed by atoms with E-state index in [4.69, 9.17) is 0 Å². The van der Waals surface area contributed by atoms with Crippen molar-refractivity contribution < 1.29 is 18.0 Å². The van der Waals surface area contributed by atoms with E-state index in [1.54, 1.807) is 26.1 Å². The molecule has 0 N–H and O–H groups in total. The molecule has 1 aliphatic heterocycles. The minimum absolute atomic E-state index is 0.0580. The smallest absolute Gasteiger partial charge is 0.281 e. The van der Waals surface area contributed by atoms with Crippen molar-refractivity contribution in [2.75, 3.05) is 0 Å². The van der Waals surface area contributed by atoms with Gasteiger partial charge in [0.05, 0.1) is 11.8 Å². The van der Waals surface area contributed by atoms with Gasteiger partial charge >= 0.3 is 0 Å². The lowest BCUT2D eigenvalue weighted by Crippen LogP contribution is -2.23. The van der Waals surface area contributed by atoms with Gasteiger partial charge in [-0.15, -0.1) is 11.3 Å². The molecule has 1 atom stereocenters. The number of fused-ring (bicyclic) bond motifs is 1. The highest BCUT2D eigenvalue weighted by molar-refractivity contribution is 7.15. The number of rotatable bonds is 6. The average molecular weight is 487 g/mol. The van der Waals surface area contributed by atoms with E-state index in [1.807, 2.05) is 4.68 Å². The zero-order valence-electron chi connectivity index (χ0n) is 18.5. The van der Waals surface area contributed by atoms with Crippen LogP contribution in [0.15, 0.2) is 30.5 Å². The van der Waals surface area contributed by atoms with Crippen molar-refractivity contribution in [3.63, 3.8) is 0 Å². The van der Waals surface area contributed by atoms with Gasteiger partial charge in [0.15, 0.2) is 11.6 Å². The van der Waals surface area contributed by atoms with Gasteiger partial charge in [-0.05, 0) is 43.5 Å². The van der Waals surface area contributed by atoms with Gasteiger partial charge in [0.2, 0.25) is 0 Å². The molecule has 4 aromatic rings. The monoisotopic (exact) mass is 486 g/mol. The van der Waals surface area contributed by atoms with E-state index in [2.05, 4.69) is 20.2 Å². The summed E-state index contributed by atoms with van der Waals surface area (Å²) in [7, 11) is 1.66. The Hall–Kier alpha value is -3.34. The number of carbonyl (C=O) groups is 1. The van der Waals surface area contributed by atoms with E-state index < -0.39 is 6.43 Å². The summed E-state index contributed by atoms with van der Waals surface area (Å²) in [5.74, 6) is 0.940. The van der Waals surface area contributed by atoms with Gasteiger partial charge in [0, 0.05) is 36.9 Å². The van der Waals surface area contributed by atoms with Crippen molar-refractivity contribution in [1.29, 1.82) is 0 Å². The van der Waals surface area contributed by atoms with Gasteiger partial charge in [-0.2, -0.15) is 10.2 Å².